The summed E-state index contributed by atoms with van der Waals surface area (Å²) in [6.07, 6.45) is 4.49. The lowest BCUT2D eigenvalue weighted by atomic mass is 10.1. The zero-order chi connectivity index (χ0) is 18.4. The molecule has 6 heteroatoms. The number of nitrogens with zero attached hydrogens (tertiary/aromatic N) is 1. The molecule has 0 aliphatic heterocycles. The highest BCUT2D eigenvalue weighted by Gasteiger charge is 2.22. The maximum Gasteiger partial charge on any atom is 0.220 e. The van der Waals surface area contributed by atoms with Crippen molar-refractivity contribution in [1.82, 2.24) is 10.3 Å². The summed E-state index contributed by atoms with van der Waals surface area (Å²) in [4.78, 5) is 28.2. The smallest absolute Gasteiger partial charge is 0.220 e. The van der Waals surface area contributed by atoms with Crippen LogP contribution in [0, 0.1) is 5.92 Å². The summed E-state index contributed by atoms with van der Waals surface area (Å²) in [5.41, 5.74) is 1.45. The van der Waals surface area contributed by atoms with E-state index in [1.807, 2.05) is 12.1 Å². The van der Waals surface area contributed by atoms with Crippen LogP contribution in [0.2, 0.25) is 5.02 Å². The number of hydrogen-bond donors (Lipinski definition) is 1. The van der Waals surface area contributed by atoms with E-state index in [1.165, 1.54) is 12.8 Å². The molecule has 1 aromatic heterocycles. The molecule has 1 aliphatic carbocycles. The lowest BCUT2D eigenvalue weighted by Gasteiger charge is -2.07. The second-order valence-electron chi connectivity index (χ2n) is 6.47. The fourth-order valence-electron chi connectivity index (χ4n) is 2.38. The molecule has 0 saturated heterocycles. The van der Waals surface area contributed by atoms with E-state index in [0.717, 1.165) is 12.2 Å². The molecule has 1 amide bonds. The maximum absolute atomic E-state index is 12.0. The van der Waals surface area contributed by atoms with Gasteiger partial charge in [0.2, 0.25) is 11.8 Å². The van der Waals surface area contributed by atoms with Gasteiger partial charge < -0.3 is 10.1 Å². The molecule has 0 atom stereocenters. The molecular weight excluding hydrogens is 352 g/mol. The predicted molar refractivity (Wildman–Crippen MR) is 99.3 cm³/mol. The Hall–Kier alpha value is -2.40. The second kappa shape index (κ2) is 8.81. The Morgan fingerprint density at radius 2 is 1.88 bits per heavy atom. The Bertz CT molecular complexity index is 756. The minimum absolute atomic E-state index is 0.0735. The molecule has 26 heavy (non-hydrogen) atoms. The quantitative estimate of drug-likeness (QED) is 0.680. The Balaban J connectivity index is 1.37. The first-order valence-corrected chi connectivity index (χ1v) is 9.11. The van der Waals surface area contributed by atoms with Crippen LogP contribution in [0.25, 0.3) is 0 Å². The molecule has 1 heterocycles. The molecule has 1 N–H and O–H groups in total. The largest absolute Gasteiger partial charge is 0.477 e. The van der Waals surface area contributed by atoms with E-state index >= 15 is 0 Å². The molecule has 0 spiro atoms. The number of ketones is 1. The van der Waals surface area contributed by atoms with Crippen molar-refractivity contribution in [1.29, 1.82) is 0 Å². The molecule has 1 aliphatic rings. The number of benzene rings is 1. The van der Waals surface area contributed by atoms with E-state index in [1.54, 1.807) is 30.5 Å². The minimum atomic E-state index is -0.165. The molecule has 5 nitrogen and oxygen atoms in total. The molecule has 0 unspecified atom stereocenters. The number of Topliss-reactive ketones (excluding diaryl/α,β-unsaturated/α-hetero) is 1. The number of pyridine rings is 1. The van der Waals surface area contributed by atoms with Crippen LogP contribution in [0.1, 0.15) is 41.6 Å². The molecule has 0 bridgehead atoms. The van der Waals surface area contributed by atoms with Gasteiger partial charge in [0.1, 0.15) is 0 Å². The number of halogens is 1. The van der Waals surface area contributed by atoms with Gasteiger partial charge in [0, 0.05) is 42.2 Å². The summed E-state index contributed by atoms with van der Waals surface area (Å²) in [5, 5.41) is 3.38. The Morgan fingerprint density at radius 3 is 2.54 bits per heavy atom. The van der Waals surface area contributed by atoms with Gasteiger partial charge in [-0.3, -0.25) is 9.59 Å². The summed E-state index contributed by atoms with van der Waals surface area (Å²) in [6, 6.07) is 10.4. The molecule has 136 valence electrons. The first-order valence-electron chi connectivity index (χ1n) is 8.73. The first kappa shape index (κ1) is 18.4. The lowest BCUT2D eigenvalue weighted by molar-refractivity contribution is -0.121. The van der Waals surface area contributed by atoms with Crippen molar-refractivity contribution in [3.8, 4) is 5.88 Å². The molecule has 0 radical (unpaired) electrons. The summed E-state index contributed by atoms with van der Waals surface area (Å²) in [7, 11) is 0. The lowest BCUT2D eigenvalue weighted by Crippen LogP contribution is -2.23. The number of ether oxygens (including phenoxy) is 1. The molecule has 2 aromatic rings. The third kappa shape index (κ3) is 5.85. The fraction of sp³-hybridized carbons (Fsp3) is 0.350. The van der Waals surface area contributed by atoms with E-state index in [4.69, 9.17) is 16.3 Å². The SMILES string of the molecule is O=C(CCC(=O)c1ccc(Cl)cc1)NCc1ccc(OCC2CC2)nc1. The van der Waals surface area contributed by atoms with Gasteiger partial charge in [-0.25, -0.2) is 4.98 Å². The van der Waals surface area contributed by atoms with Gasteiger partial charge in [-0.15, -0.1) is 0 Å². The predicted octanol–water partition coefficient (Wildman–Crippen LogP) is 3.80. The molecule has 3 rings (SSSR count). The highest BCUT2D eigenvalue weighted by atomic mass is 35.5. The number of nitrogens with one attached hydrogen (secondary N) is 1. The van der Waals surface area contributed by atoms with Crippen molar-refractivity contribution in [2.45, 2.75) is 32.2 Å². The van der Waals surface area contributed by atoms with Gasteiger partial charge in [-0.05, 0) is 48.6 Å². The first-order chi connectivity index (χ1) is 12.6. The third-order valence-corrected chi connectivity index (χ3v) is 4.45. The second-order valence-corrected chi connectivity index (χ2v) is 6.90. The van der Waals surface area contributed by atoms with E-state index in [9.17, 15) is 9.59 Å². The standard InChI is InChI=1S/C20H21ClN2O3/c21-17-6-4-16(5-7-17)18(24)8-9-19(25)22-11-15-3-10-20(23-12-15)26-13-14-1-2-14/h3-7,10,12,14H,1-2,8-9,11,13H2,(H,22,25). The van der Waals surface area contributed by atoms with Crippen LogP contribution >= 0.6 is 11.6 Å². The van der Waals surface area contributed by atoms with E-state index in [0.29, 0.717) is 28.9 Å². The van der Waals surface area contributed by atoms with Gasteiger partial charge in [0.15, 0.2) is 5.78 Å². The molecular formula is C20H21ClN2O3. The van der Waals surface area contributed by atoms with Crippen molar-refractivity contribution >= 4 is 23.3 Å². The number of carbonyl (C=O) groups is 2. The molecule has 1 saturated carbocycles. The summed E-state index contributed by atoms with van der Waals surface area (Å²) >= 11 is 5.80. The van der Waals surface area contributed by atoms with Crippen molar-refractivity contribution in [3.05, 3.63) is 58.7 Å². The van der Waals surface area contributed by atoms with Crippen molar-refractivity contribution in [3.63, 3.8) is 0 Å². The van der Waals surface area contributed by atoms with Crippen molar-refractivity contribution in [2.24, 2.45) is 5.92 Å². The normalized spacial score (nSPS) is 13.3. The summed E-state index contributed by atoms with van der Waals surface area (Å²) in [6.45, 7) is 1.11. The molecule has 1 fully saturated rings. The Morgan fingerprint density at radius 1 is 1.12 bits per heavy atom. The van der Waals surface area contributed by atoms with E-state index < -0.39 is 0 Å². The maximum atomic E-state index is 12.0. The third-order valence-electron chi connectivity index (χ3n) is 4.20. The number of rotatable bonds is 9. The average Bonchev–Trinajstić information content (AvgIpc) is 3.48. The van der Waals surface area contributed by atoms with Gasteiger partial charge in [0.25, 0.3) is 0 Å². The molecule has 1 aromatic carbocycles. The zero-order valence-electron chi connectivity index (χ0n) is 14.4. The Labute approximate surface area is 157 Å². The zero-order valence-corrected chi connectivity index (χ0v) is 15.2. The minimum Gasteiger partial charge on any atom is -0.477 e. The topological polar surface area (TPSA) is 68.3 Å². The van der Waals surface area contributed by atoms with Crippen LogP contribution in [-0.4, -0.2) is 23.3 Å². The van der Waals surface area contributed by atoms with Crippen LogP contribution in [0.4, 0.5) is 0 Å². The van der Waals surface area contributed by atoms with E-state index in [2.05, 4.69) is 10.3 Å². The number of carbonyl (C=O) groups excluding carboxylic acids is 2. The highest BCUT2D eigenvalue weighted by molar-refractivity contribution is 6.30. The summed E-state index contributed by atoms with van der Waals surface area (Å²) < 4.78 is 5.58. The van der Waals surface area contributed by atoms with Gasteiger partial charge in [0.05, 0.1) is 6.61 Å². The Kier molecular flexibility index (Phi) is 6.23. The van der Waals surface area contributed by atoms with Crippen molar-refractivity contribution in [2.75, 3.05) is 6.61 Å². The highest BCUT2D eigenvalue weighted by Crippen LogP contribution is 2.29. The summed E-state index contributed by atoms with van der Waals surface area (Å²) in [5.74, 6) is 1.06. The van der Waals surface area contributed by atoms with Crippen LogP contribution in [0.15, 0.2) is 42.6 Å². The van der Waals surface area contributed by atoms with Crippen LogP contribution in [-0.2, 0) is 11.3 Å². The van der Waals surface area contributed by atoms with Crippen LogP contribution < -0.4 is 10.1 Å². The number of hydrogen-bond acceptors (Lipinski definition) is 4. The van der Waals surface area contributed by atoms with Gasteiger partial charge >= 0.3 is 0 Å². The number of aromatic nitrogens is 1. The average molecular weight is 373 g/mol. The van der Waals surface area contributed by atoms with Crippen LogP contribution in [0.3, 0.4) is 0 Å². The van der Waals surface area contributed by atoms with Gasteiger partial charge in [-0.1, -0.05) is 17.7 Å². The van der Waals surface area contributed by atoms with Gasteiger partial charge in [-0.2, -0.15) is 0 Å². The van der Waals surface area contributed by atoms with E-state index in [-0.39, 0.29) is 24.5 Å². The number of amides is 1. The van der Waals surface area contributed by atoms with Crippen molar-refractivity contribution < 1.29 is 14.3 Å². The van der Waals surface area contributed by atoms with Crippen LogP contribution in [0.5, 0.6) is 5.88 Å². The fourth-order valence-corrected chi connectivity index (χ4v) is 2.51. The monoisotopic (exact) mass is 372 g/mol.